The number of benzene rings is 2. The van der Waals surface area contributed by atoms with Gasteiger partial charge in [0.1, 0.15) is 5.75 Å². The van der Waals surface area contributed by atoms with Crippen LogP contribution in [0.15, 0.2) is 42.5 Å². The van der Waals surface area contributed by atoms with Crippen LogP contribution in [0.1, 0.15) is 30.4 Å². The van der Waals surface area contributed by atoms with Crippen molar-refractivity contribution in [2.24, 2.45) is 0 Å². The average molecular weight is 395 g/mol. The number of anilines is 2. The summed E-state index contributed by atoms with van der Waals surface area (Å²) in [5, 5.41) is 5.21. The molecule has 1 aliphatic rings. The van der Waals surface area contributed by atoms with Crippen LogP contribution in [0.2, 0.25) is 0 Å². The van der Waals surface area contributed by atoms with Gasteiger partial charge in [-0.2, -0.15) is 0 Å². The van der Waals surface area contributed by atoms with E-state index in [1.807, 2.05) is 25.1 Å². The highest BCUT2D eigenvalue weighted by Gasteiger charge is 2.22. The van der Waals surface area contributed by atoms with Gasteiger partial charge in [0.25, 0.3) is 0 Å². The van der Waals surface area contributed by atoms with Crippen molar-refractivity contribution in [3.05, 3.63) is 53.6 Å². The monoisotopic (exact) mass is 395 g/mol. The van der Waals surface area contributed by atoms with Crippen LogP contribution in [0.4, 0.5) is 11.4 Å². The van der Waals surface area contributed by atoms with Crippen LogP contribution in [0.25, 0.3) is 0 Å². The molecule has 0 atom stereocenters. The Kier molecular flexibility index (Phi) is 6.49. The fourth-order valence-corrected chi connectivity index (χ4v) is 3.23. The molecule has 2 N–H and O–H groups in total. The Morgan fingerprint density at radius 1 is 1.07 bits per heavy atom. The molecule has 7 heteroatoms. The van der Waals surface area contributed by atoms with E-state index in [1.165, 1.54) is 0 Å². The van der Waals surface area contributed by atoms with Gasteiger partial charge in [-0.3, -0.25) is 14.4 Å². The van der Waals surface area contributed by atoms with E-state index >= 15 is 0 Å². The van der Waals surface area contributed by atoms with Gasteiger partial charge >= 0.3 is 11.8 Å². The van der Waals surface area contributed by atoms with Gasteiger partial charge in [0.05, 0.1) is 7.11 Å². The second kappa shape index (κ2) is 9.23. The molecule has 2 aromatic carbocycles. The Morgan fingerprint density at radius 2 is 1.83 bits per heavy atom. The second-order valence-corrected chi connectivity index (χ2v) is 6.99. The van der Waals surface area contributed by atoms with E-state index in [2.05, 4.69) is 10.6 Å². The molecule has 1 aliphatic heterocycles. The minimum atomic E-state index is -0.752. The van der Waals surface area contributed by atoms with Gasteiger partial charge in [0, 0.05) is 30.9 Å². The SMILES string of the molecule is COc1ccc(CNC(=O)C(=O)Nc2ccc(C)c(N3CCCCC3=O)c2)cc1. The van der Waals surface area contributed by atoms with Crippen LogP contribution in [0.5, 0.6) is 5.75 Å². The number of amides is 3. The number of nitrogens with zero attached hydrogens (tertiary/aromatic N) is 1. The number of nitrogens with one attached hydrogen (secondary N) is 2. The molecule has 152 valence electrons. The third-order valence-electron chi connectivity index (χ3n) is 4.90. The molecule has 3 rings (SSSR count). The Bertz CT molecular complexity index is 909. The summed E-state index contributed by atoms with van der Waals surface area (Å²) in [5.74, 6) is -0.671. The Balaban J connectivity index is 1.61. The normalized spacial score (nSPS) is 13.7. The lowest BCUT2D eigenvalue weighted by Crippen LogP contribution is -2.36. The Labute approximate surface area is 170 Å². The van der Waals surface area contributed by atoms with E-state index in [4.69, 9.17) is 4.74 Å². The summed E-state index contributed by atoms with van der Waals surface area (Å²) in [5.41, 5.74) is 3.05. The van der Waals surface area contributed by atoms with Crippen molar-refractivity contribution in [3.8, 4) is 5.75 Å². The summed E-state index contributed by atoms with van der Waals surface area (Å²) in [6, 6.07) is 12.5. The zero-order chi connectivity index (χ0) is 20.8. The molecule has 2 aromatic rings. The van der Waals surface area contributed by atoms with Gasteiger partial charge in [-0.1, -0.05) is 18.2 Å². The molecule has 0 radical (unpaired) electrons. The molecule has 0 saturated carbocycles. The smallest absolute Gasteiger partial charge is 0.313 e. The molecule has 1 saturated heterocycles. The summed E-state index contributed by atoms with van der Waals surface area (Å²) < 4.78 is 5.09. The standard InChI is InChI=1S/C22H25N3O4/c1-15-6-9-17(13-19(15)25-12-4-3-5-20(25)26)24-22(28)21(27)23-14-16-7-10-18(29-2)11-8-16/h6-11,13H,3-5,12,14H2,1-2H3,(H,23,27)(H,24,28). The van der Waals surface area contributed by atoms with Crippen molar-refractivity contribution in [2.75, 3.05) is 23.9 Å². The molecular formula is C22H25N3O4. The average Bonchev–Trinajstić information content (AvgIpc) is 2.74. The molecule has 0 aliphatic carbocycles. The summed E-state index contributed by atoms with van der Waals surface area (Å²) >= 11 is 0. The predicted octanol–water partition coefficient (Wildman–Crippen LogP) is 2.78. The maximum atomic E-state index is 12.2. The lowest BCUT2D eigenvalue weighted by atomic mass is 10.1. The summed E-state index contributed by atoms with van der Waals surface area (Å²) in [6.07, 6.45) is 2.39. The quantitative estimate of drug-likeness (QED) is 0.762. The van der Waals surface area contributed by atoms with Crippen LogP contribution in [-0.2, 0) is 20.9 Å². The lowest BCUT2D eigenvalue weighted by Gasteiger charge is -2.28. The third kappa shape index (κ3) is 5.13. The number of rotatable bonds is 5. The summed E-state index contributed by atoms with van der Waals surface area (Å²) in [4.78, 5) is 38.3. The number of methoxy groups -OCH3 is 1. The first-order valence-corrected chi connectivity index (χ1v) is 9.61. The van der Waals surface area contributed by atoms with E-state index in [-0.39, 0.29) is 12.5 Å². The van der Waals surface area contributed by atoms with Crippen molar-refractivity contribution in [3.63, 3.8) is 0 Å². The zero-order valence-corrected chi connectivity index (χ0v) is 16.7. The van der Waals surface area contributed by atoms with Gasteiger partial charge in [0.15, 0.2) is 0 Å². The van der Waals surface area contributed by atoms with Crippen LogP contribution >= 0.6 is 0 Å². The first kappa shape index (κ1) is 20.4. The van der Waals surface area contributed by atoms with Gasteiger partial charge in [0.2, 0.25) is 5.91 Å². The highest BCUT2D eigenvalue weighted by molar-refractivity contribution is 6.39. The van der Waals surface area contributed by atoms with Crippen molar-refractivity contribution in [2.45, 2.75) is 32.7 Å². The van der Waals surface area contributed by atoms with Crippen LogP contribution in [0.3, 0.4) is 0 Å². The highest BCUT2D eigenvalue weighted by Crippen LogP contribution is 2.27. The fourth-order valence-electron chi connectivity index (χ4n) is 3.23. The first-order chi connectivity index (χ1) is 14.0. The maximum Gasteiger partial charge on any atom is 0.313 e. The van der Waals surface area contributed by atoms with Crippen LogP contribution in [-0.4, -0.2) is 31.4 Å². The minimum absolute atomic E-state index is 0.0834. The molecular weight excluding hydrogens is 370 g/mol. The van der Waals surface area contributed by atoms with E-state index in [0.29, 0.717) is 18.7 Å². The number of hydrogen-bond donors (Lipinski definition) is 2. The molecule has 29 heavy (non-hydrogen) atoms. The summed E-state index contributed by atoms with van der Waals surface area (Å²) in [6.45, 7) is 2.82. The van der Waals surface area contributed by atoms with E-state index < -0.39 is 11.8 Å². The second-order valence-electron chi connectivity index (χ2n) is 6.99. The number of aryl methyl sites for hydroxylation is 1. The molecule has 1 heterocycles. The van der Waals surface area contributed by atoms with Gasteiger partial charge in [-0.15, -0.1) is 0 Å². The number of carbonyl (C=O) groups is 3. The van der Waals surface area contributed by atoms with Crippen molar-refractivity contribution in [1.82, 2.24) is 5.32 Å². The minimum Gasteiger partial charge on any atom is -0.497 e. The molecule has 0 bridgehead atoms. The molecule has 0 unspecified atom stereocenters. The number of ether oxygens (including phenoxy) is 1. The van der Waals surface area contributed by atoms with Crippen LogP contribution in [0, 0.1) is 6.92 Å². The largest absolute Gasteiger partial charge is 0.497 e. The van der Waals surface area contributed by atoms with Gasteiger partial charge < -0.3 is 20.3 Å². The van der Waals surface area contributed by atoms with Gasteiger partial charge in [-0.05, 0) is 55.2 Å². The van der Waals surface area contributed by atoms with Crippen molar-refractivity contribution >= 4 is 29.1 Å². The number of hydrogen-bond acceptors (Lipinski definition) is 4. The number of carbonyl (C=O) groups excluding carboxylic acids is 3. The molecule has 0 aromatic heterocycles. The molecule has 7 nitrogen and oxygen atoms in total. The van der Waals surface area contributed by atoms with E-state index in [0.717, 1.165) is 35.4 Å². The Hall–Kier alpha value is -3.35. The molecule has 0 spiro atoms. The third-order valence-corrected chi connectivity index (χ3v) is 4.90. The Morgan fingerprint density at radius 3 is 2.52 bits per heavy atom. The van der Waals surface area contributed by atoms with E-state index in [1.54, 1.807) is 36.3 Å². The number of piperidine rings is 1. The summed E-state index contributed by atoms with van der Waals surface area (Å²) in [7, 11) is 1.58. The van der Waals surface area contributed by atoms with Crippen molar-refractivity contribution in [1.29, 1.82) is 0 Å². The predicted molar refractivity (Wildman–Crippen MR) is 111 cm³/mol. The first-order valence-electron chi connectivity index (χ1n) is 9.61. The topological polar surface area (TPSA) is 87.7 Å². The highest BCUT2D eigenvalue weighted by atomic mass is 16.5. The van der Waals surface area contributed by atoms with Gasteiger partial charge in [-0.25, -0.2) is 0 Å². The van der Waals surface area contributed by atoms with E-state index in [9.17, 15) is 14.4 Å². The zero-order valence-electron chi connectivity index (χ0n) is 16.7. The molecule has 1 fully saturated rings. The lowest BCUT2D eigenvalue weighted by molar-refractivity contribution is -0.136. The maximum absolute atomic E-state index is 12.2. The molecule has 3 amide bonds. The van der Waals surface area contributed by atoms with Crippen molar-refractivity contribution < 1.29 is 19.1 Å². The van der Waals surface area contributed by atoms with Crippen LogP contribution < -0.4 is 20.3 Å². The fraction of sp³-hybridized carbons (Fsp3) is 0.318.